The van der Waals surface area contributed by atoms with E-state index in [1.54, 1.807) is 7.11 Å². The van der Waals surface area contributed by atoms with Crippen molar-refractivity contribution in [2.45, 2.75) is 13.0 Å². The van der Waals surface area contributed by atoms with E-state index in [9.17, 15) is 0 Å². The van der Waals surface area contributed by atoms with Crippen LogP contribution in [0.15, 0.2) is 48.5 Å². The second kappa shape index (κ2) is 9.99. The molecule has 3 N–H and O–H groups in total. The Kier molecular flexibility index (Phi) is 7.69. The lowest BCUT2D eigenvalue weighted by molar-refractivity contribution is -0.890. The first kappa shape index (κ1) is 20.0. The Hall–Kier alpha value is -2.31. The number of hydrogen-bond donors (Lipinski definition) is 3. The van der Waals surface area contributed by atoms with E-state index >= 15 is 0 Å². The highest BCUT2D eigenvalue weighted by Gasteiger charge is 2.21. The number of ether oxygens (including phenoxy) is 2. The van der Waals surface area contributed by atoms with E-state index in [-0.39, 0.29) is 6.04 Å². The van der Waals surface area contributed by atoms with Gasteiger partial charge in [-0.15, -0.1) is 0 Å². The minimum absolute atomic E-state index is 0.214. The maximum absolute atomic E-state index is 5.51. The molecule has 0 amide bonds. The third-order valence-corrected chi connectivity index (χ3v) is 4.35. The summed E-state index contributed by atoms with van der Waals surface area (Å²) in [5.41, 5.74) is 2.09. The summed E-state index contributed by atoms with van der Waals surface area (Å²) in [7, 11) is 5.95. The van der Waals surface area contributed by atoms with Crippen molar-refractivity contribution in [2.24, 2.45) is 0 Å². The third-order valence-electron chi connectivity index (χ3n) is 4.10. The van der Waals surface area contributed by atoms with Crippen LogP contribution < -0.4 is 25.0 Å². The molecule has 1 atom stereocenters. The summed E-state index contributed by atoms with van der Waals surface area (Å²) in [6.07, 6.45) is 0. The van der Waals surface area contributed by atoms with Crippen molar-refractivity contribution in [3.8, 4) is 11.5 Å². The molecule has 0 saturated heterocycles. The van der Waals surface area contributed by atoms with E-state index in [1.807, 2.05) is 49.4 Å². The van der Waals surface area contributed by atoms with E-state index < -0.39 is 0 Å². The quantitative estimate of drug-likeness (QED) is 0.619. The van der Waals surface area contributed by atoms with Gasteiger partial charge in [0, 0.05) is 5.69 Å². The molecule has 0 radical (unpaired) electrons. The Morgan fingerprint density at radius 1 is 1.12 bits per heavy atom. The lowest BCUT2D eigenvalue weighted by Gasteiger charge is -2.24. The summed E-state index contributed by atoms with van der Waals surface area (Å²) < 4.78 is 11.0. The first-order valence-electron chi connectivity index (χ1n) is 8.75. The molecule has 0 fully saturated rings. The number of quaternary nitrogens is 1. The van der Waals surface area contributed by atoms with Crippen LogP contribution in [0.4, 0.5) is 5.69 Å². The number of hydrogen-bond acceptors (Lipinski definition) is 3. The minimum atomic E-state index is 0.214. The van der Waals surface area contributed by atoms with E-state index in [1.165, 1.54) is 4.90 Å². The van der Waals surface area contributed by atoms with E-state index in [0.717, 1.165) is 22.7 Å². The standard InChI is InChI=1S/C20H27N3O2S/c1-5-25-16-12-10-15(11-13-16)22-20(26)21-14-18(23(2)3)17-8-6-7-9-19(17)24-4/h6-13,18H,5,14H2,1-4H3,(H2,21,22,26)/p+1/t18-/m0/s1. The Balaban J connectivity index is 1.97. The van der Waals surface area contributed by atoms with Crippen LogP contribution in [-0.2, 0) is 0 Å². The molecule has 0 aliphatic heterocycles. The summed E-state index contributed by atoms with van der Waals surface area (Å²) in [5.74, 6) is 1.75. The Labute approximate surface area is 161 Å². The zero-order chi connectivity index (χ0) is 18.9. The van der Waals surface area contributed by atoms with Gasteiger partial charge in [0.05, 0.1) is 39.9 Å². The molecule has 2 rings (SSSR count). The number of anilines is 1. The zero-order valence-electron chi connectivity index (χ0n) is 15.8. The summed E-state index contributed by atoms with van der Waals surface area (Å²) in [4.78, 5) is 1.30. The lowest BCUT2D eigenvalue weighted by Crippen LogP contribution is -3.07. The first-order chi connectivity index (χ1) is 12.5. The average molecular weight is 375 g/mol. The lowest BCUT2D eigenvalue weighted by atomic mass is 10.0. The summed E-state index contributed by atoms with van der Waals surface area (Å²) in [6.45, 7) is 3.33. The average Bonchev–Trinajstić information content (AvgIpc) is 2.64. The van der Waals surface area contributed by atoms with Crippen LogP contribution in [-0.4, -0.2) is 39.5 Å². The highest BCUT2D eigenvalue weighted by molar-refractivity contribution is 7.80. The monoisotopic (exact) mass is 374 g/mol. The fourth-order valence-electron chi connectivity index (χ4n) is 2.75. The van der Waals surface area contributed by atoms with Gasteiger partial charge in [-0.05, 0) is 55.5 Å². The molecule has 2 aromatic rings. The van der Waals surface area contributed by atoms with Gasteiger partial charge < -0.3 is 25.0 Å². The summed E-state index contributed by atoms with van der Waals surface area (Å²) in [5, 5.41) is 7.12. The van der Waals surface area contributed by atoms with Gasteiger partial charge in [0.1, 0.15) is 17.5 Å². The molecule has 0 aliphatic rings. The highest BCUT2D eigenvalue weighted by atomic mass is 32.1. The van der Waals surface area contributed by atoms with Crippen LogP contribution in [0.1, 0.15) is 18.5 Å². The molecule has 0 spiro atoms. The number of rotatable bonds is 8. The van der Waals surface area contributed by atoms with Crippen LogP contribution >= 0.6 is 12.2 Å². The van der Waals surface area contributed by atoms with Crippen LogP contribution in [0.5, 0.6) is 11.5 Å². The molecule has 0 aliphatic carbocycles. The van der Waals surface area contributed by atoms with Crippen LogP contribution in [0, 0.1) is 0 Å². The van der Waals surface area contributed by atoms with Gasteiger partial charge in [-0.1, -0.05) is 12.1 Å². The van der Waals surface area contributed by atoms with Crippen molar-refractivity contribution >= 4 is 23.0 Å². The van der Waals surface area contributed by atoms with Crippen LogP contribution in [0.3, 0.4) is 0 Å². The molecule has 2 aromatic carbocycles. The number of para-hydroxylation sites is 1. The SMILES string of the molecule is CCOc1ccc(NC(=S)NC[C@@H](c2ccccc2OC)[NH+](C)C)cc1. The first-order valence-corrected chi connectivity index (χ1v) is 9.16. The maximum atomic E-state index is 5.51. The predicted molar refractivity (Wildman–Crippen MR) is 110 cm³/mol. The van der Waals surface area contributed by atoms with Crippen molar-refractivity contribution in [1.29, 1.82) is 0 Å². The molecule has 26 heavy (non-hydrogen) atoms. The molecule has 0 aromatic heterocycles. The van der Waals surface area contributed by atoms with Gasteiger partial charge in [-0.3, -0.25) is 0 Å². The molecular weight excluding hydrogens is 346 g/mol. The van der Waals surface area contributed by atoms with Crippen molar-refractivity contribution in [2.75, 3.05) is 39.7 Å². The van der Waals surface area contributed by atoms with E-state index in [4.69, 9.17) is 21.7 Å². The second-order valence-corrected chi connectivity index (χ2v) is 6.57. The molecule has 0 heterocycles. The van der Waals surface area contributed by atoms with Crippen molar-refractivity contribution in [1.82, 2.24) is 5.32 Å². The minimum Gasteiger partial charge on any atom is -0.496 e. The third kappa shape index (κ3) is 5.61. The number of methoxy groups -OCH3 is 1. The highest BCUT2D eigenvalue weighted by Crippen LogP contribution is 2.22. The number of nitrogens with one attached hydrogen (secondary N) is 3. The van der Waals surface area contributed by atoms with Gasteiger partial charge in [0.15, 0.2) is 5.11 Å². The fourth-order valence-corrected chi connectivity index (χ4v) is 2.95. The molecule has 5 nitrogen and oxygen atoms in total. The van der Waals surface area contributed by atoms with Gasteiger partial charge in [0.25, 0.3) is 0 Å². The molecule has 0 unspecified atom stereocenters. The fraction of sp³-hybridized carbons (Fsp3) is 0.350. The van der Waals surface area contributed by atoms with Gasteiger partial charge in [-0.2, -0.15) is 0 Å². The Morgan fingerprint density at radius 3 is 2.42 bits per heavy atom. The Morgan fingerprint density at radius 2 is 1.81 bits per heavy atom. The second-order valence-electron chi connectivity index (χ2n) is 6.16. The van der Waals surface area contributed by atoms with Crippen molar-refractivity contribution < 1.29 is 14.4 Å². The van der Waals surface area contributed by atoms with Crippen LogP contribution in [0.2, 0.25) is 0 Å². The van der Waals surface area contributed by atoms with Gasteiger partial charge in [0.2, 0.25) is 0 Å². The van der Waals surface area contributed by atoms with Crippen molar-refractivity contribution in [3.63, 3.8) is 0 Å². The maximum Gasteiger partial charge on any atom is 0.171 e. The van der Waals surface area contributed by atoms with E-state index in [2.05, 4.69) is 30.8 Å². The largest absolute Gasteiger partial charge is 0.496 e. The number of likely N-dealkylation sites (N-methyl/N-ethyl adjacent to an activating group) is 1. The molecule has 6 heteroatoms. The normalized spacial score (nSPS) is 11.7. The molecular formula is C20H28N3O2S+. The summed E-state index contributed by atoms with van der Waals surface area (Å²) in [6, 6.07) is 16.1. The van der Waals surface area contributed by atoms with Gasteiger partial charge >= 0.3 is 0 Å². The molecule has 0 bridgehead atoms. The molecule has 0 saturated carbocycles. The summed E-state index contributed by atoms with van der Waals surface area (Å²) >= 11 is 5.44. The molecule has 140 valence electrons. The number of benzene rings is 2. The van der Waals surface area contributed by atoms with Gasteiger partial charge in [-0.25, -0.2) is 0 Å². The zero-order valence-corrected chi connectivity index (χ0v) is 16.7. The Bertz CT molecular complexity index is 704. The predicted octanol–water partition coefficient (Wildman–Crippen LogP) is 2.27. The van der Waals surface area contributed by atoms with Crippen molar-refractivity contribution in [3.05, 3.63) is 54.1 Å². The number of thiocarbonyl (C=S) groups is 1. The van der Waals surface area contributed by atoms with E-state index in [0.29, 0.717) is 18.3 Å². The van der Waals surface area contributed by atoms with Crippen LogP contribution in [0.25, 0.3) is 0 Å². The topological polar surface area (TPSA) is 47.0 Å². The smallest absolute Gasteiger partial charge is 0.171 e.